The molecule has 3 aromatic rings. The Morgan fingerprint density at radius 3 is 3.00 bits per heavy atom. The van der Waals surface area contributed by atoms with Crippen LogP contribution in [0, 0.1) is 16.0 Å². The highest BCUT2D eigenvalue weighted by molar-refractivity contribution is 5.85. The average Bonchev–Trinajstić information content (AvgIpc) is 3.21. The minimum absolute atomic E-state index is 0.0315. The average molecular weight is 423 g/mol. The van der Waals surface area contributed by atoms with Crippen molar-refractivity contribution in [2.75, 3.05) is 31.6 Å². The number of carbonyl (C=O) groups is 1. The normalized spacial score (nSPS) is 16.3. The van der Waals surface area contributed by atoms with Crippen molar-refractivity contribution in [3.63, 3.8) is 0 Å². The lowest BCUT2D eigenvalue weighted by molar-refractivity contribution is -0.385. The minimum Gasteiger partial charge on any atom is -0.497 e. The molecule has 3 heterocycles. The topological polar surface area (TPSA) is 113 Å². The number of rotatable bonds is 7. The molecule has 0 saturated carbocycles. The molecular weight excluding hydrogens is 398 g/mol. The smallest absolute Gasteiger partial charge is 0.287 e. The highest BCUT2D eigenvalue weighted by Gasteiger charge is 2.26. The largest absolute Gasteiger partial charge is 0.497 e. The highest BCUT2D eigenvalue weighted by atomic mass is 16.6. The molecule has 0 radical (unpaired) electrons. The fraction of sp³-hybridized carbons (Fsp3) is 0.364. The van der Waals surface area contributed by atoms with E-state index in [0.717, 1.165) is 48.0 Å². The lowest BCUT2D eigenvalue weighted by Crippen LogP contribution is -2.43. The van der Waals surface area contributed by atoms with Crippen LogP contribution < -0.4 is 15.0 Å². The monoisotopic (exact) mass is 423 g/mol. The number of ether oxygens (including phenoxy) is 1. The van der Waals surface area contributed by atoms with Gasteiger partial charge in [0.05, 0.1) is 18.0 Å². The van der Waals surface area contributed by atoms with E-state index in [0.29, 0.717) is 18.9 Å². The number of H-pyrrole nitrogens is 1. The second-order valence-electron chi connectivity index (χ2n) is 7.68. The second kappa shape index (κ2) is 9.03. The van der Waals surface area contributed by atoms with Gasteiger partial charge in [0.2, 0.25) is 5.91 Å². The second-order valence-corrected chi connectivity index (χ2v) is 7.68. The molecule has 2 N–H and O–H groups in total. The molecule has 4 rings (SSSR count). The van der Waals surface area contributed by atoms with Crippen LogP contribution in [0.3, 0.4) is 0 Å². The first-order valence-corrected chi connectivity index (χ1v) is 10.3. The van der Waals surface area contributed by atoms with Crippen LogP contribution in [0.25, 0.3) is 10.9 Å². The number of anilines is 1. The third-order valence-electron chi connectivity index (χ3n) is 5.73. The number of benzene rings is 1. The zero-order chi connectivity index (χ0) is 21.8. The van der Waals surface area contributed by atoms with Crippen molar-refractivity contribution in [3.05, 3.63) is 58.4 Å². The van der Waals surface area contributed by atoms with E-state index >= 15 is 0 Å². The molecule has 9 heteroatoms. The van der Waals surface area contributed by atoms with Crippen molar-refractivity contribution in [3.8, 4) is 5.75 Å². The molecule has 1 aliphatic rings. The van der Waals surface area contributed by atoms with E-state index in [1.165, 1.54) is 12.3 Å². The predicted octanol–water partition coefficient (Wildman–Crippen LogP) is 3.06. The summed E-state index contributed by atoms with van der Waals surface area (Å²) in [6.07, 6.45) is 5.64. The van der Waals surface area contributed by atoms with Crippen LogP contribution in [0.1, 0.15) is 18.4 Å². The van der Waals surface area contributed by atoms with Crippen molar-refractivity contribution in [2.24, 2.45) is 5.92 Å². The Bertz CT molecular complexity index is 1080. The molecule has 0 aliphatic carbocycles. The molecule has 31 heavy (non-hydrogen) atoms. The Labute approximate surface area is 179 Å². The summed E-state index contributed by atoms with van der Waals surface area (Å²) in [4.78, 5) is 32.5. The fourth-order valence-corrected chi connectivity index (χ4v) is 4.03. The molecule has 1 aliphatic heterocycles. The molecule has 0 spiro atoms. The minimum atomic E-state index is -0.465. The third-order valence-corrected chi connectivity index (χ3v) is 5.73. The van der Waals surface area contributed by atoms with Gasteiger partial charge in [-0.05, 0) is 49.1 Å². The quantitative estimate of drug-likeness (QED) is 0.446. The number of aromatic amines is 1. The predicted molar refractivity (Wildman–Crippen MR) is 117 cm³/mol. The van der Waals surface area contributed by atoms with Gasteiger partial charge in [0.15, 0.2) is 0 Å². The van der Waals surface area contributed by atoms with Gasteiger partial charge >= 0.3 is 0 Å². The van der Waals surface area contributed by atoms with Gasteiger partial charge in [-0.2, -0.15) is 0 Å². The molecule has 1 unspecified atom stereocenters. The lowest BCUT2D eigenvalue weighted by atomic mass is 9.97. The highest BCUT2D eigenvalue weighted by Crippen LogP contribution is 2.25. The zero-order valence-electron chi connectivity index (χ0n) is 17.3. The van der Waals surface area contributed by atoms with Gasteiger partial charge in [0, 0.05) is 42.8 Å². The molecule has 0 bridgehead atoms. The van der Waals surface area contributed by atoms with Crippen LogP contribution in [0.4, 0.5) is 11.5 Å². The van der Waals surface area contributed by atoms with Crippen molar-refractivity contribution in [1.82, 2.24) is 15.3 Å². The maximum Gasteiger partial charge on any atom is 0.287 e. The molecule has 1 aromatic carbocycles. The summed E-state index contributed by atoms with van der Waals surface area (Å²) in [7, 11) is 1.65. The van der Waals surface area contributed by atoms with Crippen molar-refractivity contribution >= 4 is 28.3 Å². The van der Waals surface area contributed by atoms with Crippen LogP contribution in [0.15, 0.2) is 42.7 Å². The van der Waals surface area contributed by atoms with E-state index in [-0.39, 0.29) is 17.5 Å². The molecule has 1 fully saturated rings. The summed E-state index contributed by atoms with van der Waals surface area (Å²) in [5.41, 5.74) is 2.14. The van der Waals surface area contributed by atoms with Crippen LogP contribution >= 0.6 is 0 Å². The fourth-order valence-electron chi connectivity index (χ4n) is 4.03. The van der Waals surface area contributed by atoms with E-state index in [9.17, 15) is 14.9 Å². The number of nitro groups is 1. The van der Waals surface area contributed by atoms with Crippen LogP contribution in [-0.2, 0) is 11.2 Å². The zero-order valence-corrected chi connectivity index (χ0v) is 17.3. The SMILES string of the molecule is COc1ccc2[nH]cc(CCNC(=O)C3CCCN(c4ccc([N+](=O)[O-])cn4)C3)c2c1. The lowest BCUT2D eigenvalue weighted by Gasteiger charge is -2.32. The number of amides is 1. The first-order valence-electron chi connectivity index (χ1n) is 10.3. The molecule has 1 saturated heterocycles. The van der Waals surface area contributed by atoms with E-state index in [4.69, 9.17) is 4.74 Å². The van der Waals surface area contributed by atoms with E-state index < -0.39 is 4.92 Å². The van der Waals surface area contributed by atoms with E-state index in [1.54, 1.807) is 13.2 Å². The molecule has 1 amide bonds. The summed E-state index contributed by atoms with van der Waals surface area (Å²) < 4.78 is 5.31. The number of pyridine rings is 1. The number of aromatic nitrogens is 2. The maximum absolute atomic E-state index is 12.7. The van der Waals surface area contributed by atoms with Crippen molar-refractivity contribution in [2.45, 2.75) is 19.3 Å². The van der Waals surface area contributed by atoms with Gasteiger partial charge in [-0.15, -0.1) is 0 Å². The summed E-state index contributed by atoms with van der Waals surface area (Å²) in [6, 6.07) is 8.99. The summed E-state index contributed by atoms with van der Waals surface area (Å²) >= 11 is 0. The van der Waals surface area contributed by atoms with Crippen molar-refractivity contribution in [1.29, 1.82) is 0 Å². The number of nitrogens with one attached hydrogen (secondary N) is 2. The Morgan fingerprint density at radius 1 is 1.39 bits per heavy atom. The number of carbonyl (C=O) groups excluding carboxylic acids is 1. The van der Waals surface area contributed by atoms with Gasteiger partial charge in [-0.25, -0.2) is 4.98 Å². The number of hydrogen-bond donors (Lipinski definition) is 2. The Balaban J connectivity index is 1.33. The van der Waals surface area contributed by atoms with Crippen LogP contribution in [0.5, 0.6) is 5.75 Å². The third kappa shape index (κ3) is 4.60. The number of methoxy groups -OCH3 is 1. The standard InChI is InChI=1S/C22H25N5O4/c1-31-18-5-6-20-19(11-18)15(12-24-20)8-9-23-22(28)16-3-2-10-26(14-16)21-7-4-17(13-25-21)27(29)30/h4-7,11-13,16,24H,2-3,8-10,14H2,1H3,(H,23,28). The molecular formula is C22H25N5O4. The van der Waals surface area contributed by atoms with Gasteiger partial charge in [0.25, 0.3) is 5.69 Å². The summed E-state index contributed by atoms with van der Waals surface area (Å²) in [5.74, 6) is 1.37. The number of fused-ring (bicyclic) bond motifs is 1. The number of piperidine rings is 1. The van der Waals surface area contributed by atoms with E-state index in [2.05, 4.69) is 15.3 Å². The van der Waals surface area contributed by atoms with Crippen LogP contribution in [0.2, 0.25) is 0 Å². The molecule has 9 nitrogen and oxygen atoms in total. The molecule has 1 atom stereocenters. The first kappa shape index (κ1) is 20.6. The maximum atomic E-state index is 12.7. The molecule has 2 aromatic heterocycles. The molecule has 162 valence electrons. The Hall–Kier alpha value is -3.62. The van der Waals surface area contributed by atoms with Crippen LogP contribution in [-0.4, -0.2) is 47.5 Å². The number of nitrogens with zero attached hydrogens (tertiary/aromatic N) is 3. The van der Waals surface area contributed by atoms with Crippen molar-refractivity contribution < 1.29 is 14.5 Å². The number of hydrogen-bond acceptors (Lipinski definition) is 6. The van der Waals surface area contributed by atoms with Gasteiger partial charge in [-0.1, -0.05) is 0 Å². The van der Waals surface area contributed by atoms with Gasteiger partial charge in [-0.3, -0.25) is 14.9 Å². The van der Waals surface area contributed by atoms with Gasteiger partial charge in [0.1, 0.15) is 17.8 Å². The Morgan fingerprint density at radius 2 is 2.26 bits per heavy atom. The summed E-state index contributed by atoms with van der Waals surface area (Å²) in [5, 5.41) is 15.0. The summed E-state index contributed by atoms with van der Waals surface area (Å²) in [6.45, 7) is 1.89. The Kier molecular flexibility index (Phi) is 6.01. The van der Waals surface area contributed by atoms with Gasteiger partial charge < -0.3 is 19.9 Å². The first-order chi connectivity index (χ1) is 15.0. The van der Waals surface area contributed by atoms with E-state index in [1.807, 2.05) is 29.3 Å².